The maximum absolute atomic E-state index is 11.4. The lowest BCUT2D eigenvalue weighted by Gasteiger charge is -2.19. The van der Waals surface area contributed by atoms with E-state index >= 15 is 0 Å². The van der Waals surface area contributed by atoms with Gasteiger partial charge in [0.2, 0.25) is 0 Å². The van der Waals surface area contributed by atoms with Crippen LogP contribution in [0.15, 0.2) is 41.9 Å². The van der Waals surface area contributed by atoms with Crippen molar-refractivity contribution >= 4 is 28.8 Å². The fourth-order valence-corrected chi connectivity index (χ4v) is 2.97. The van der Waals surface area contributed by atoms with Gasteiger partial charge in [-0.2, -0.15) is 0 Å². The van der Waals surface area contributed by atoms with Gasteiger partial charge in [0.15, 0.2) is 0 Å². The summed E-state index contributed by atoms with van der Waals surface area (Å²) < 4.78 is -0.996. The molecule has 0 amide bonds. The molecule has 0 saturated heterocycles. The average molecular weight is 314 g/mol. The van der Waals surface area contributed by atoms with Crippen molar-refractivity contribution in [2.24, 2.45) is 0 Å². The number of para-hydroxylation sites is 1. The Morgan fingerprint density at radius 1 is 1.23 bits per heavy atom. The van der Waals surface area contributed by atoms with Crippen molar-refractivity contribution in [3.8, 4) is 11.3 Å². The summed E-state index contributed by atoms with van der Waals surface area (Å²) in [5.74, 6) is -0.896. The molecule has 112 valence electrons. The Labute approximate surface area is 131 Å². The molecule has 7 heteroatoms. The summed E-state index contributed by atoms with van der Waals surface area (Å²) in [5, 5.41) is 9.89. The van der Waals surface area contributed by atoms with E-state index in [1.54, 1.807) is 32.6 Å². The highest BCUT2D eigenvalue weighted by molar-refractivity contribution is 8.01. The molecule has 3 rings (SSSR count). The monoisotopic (exact) mass is 314 g/mol. The minimum absolute atomic E-state index is 0.574. The number of fused-ring (bicyclic) bond motifs is 1. The van der Waals surface area contributed by atoms with Crippen LogP contribution in [0.5, 0.6) is 0 Å². The molecule has 2 heterocycles. The highest BCUT2D eigenvalue weighted by Gasteiger charge is 2.30. The van der Waals surface area contributed by atoms with Crippen LogP contribution in [0.2, 0.25) is 0 Å². The fraction of sp³-hybridized carbons (Fsp3) is 0.200. The van der Waals surface area contributed by atoms with E-state index in [0.29, 0.717) is 10.7 Å². The summed E-state index contributed by atoms with van der Waals surface area (Å²) in [4.78, 5) is 27.4. The number of benzene rings is 1. The number of aliphatic carboxylic acids is 1. The van der Waals surface area contributed by atoms with Gasteiger partial charge in [0.1, 0.15) is 15.5 Å². The second-order valence-electron chi connectivity index (χ2n) is 5.23. The van der Waals surface area contributed by atoms with E-state index in [9.17, 15) is 9.90 Å². The van der Waals surface area contributed by atoms with Gasteiger partial charge in [0.05, 0.1) is 17.4 Å². The van der Waals surface area contributed by atoms with Crippen molar-refractivity contribution in [2.45, 2.75) is 23.6 Å². The lowest BCUT2D eigenvalue weighted by Crippen LogP contribution is -2.27. The standard InChI is InChI=1S/C15H14N4O2S/c1-15(2,14(20)21)22-13-12(16-6-7-17-13)9-4-3-5-10-11(9)19-8-18-10/h3-8H,1-2H3,(H,18,19)(H,20,21). The third-order valence-corrected chi connectivity index (χ3v) is 4.41. The predicted octanol–water partition coefficient (Wildman–Crippen LogP) is 2.98. The highest BCUT2D eigenvalue weighted by atomic mass is 32.2. The number of aromatic amines is 1. The molecule has 0 saturated carbocycles. The van der Waals surface area contributed by atoms with Gasteiger partial charge in [-0.25, -0.2) is 9.97 Å². The maximum atomic E-state index is 11.4. The summed E-state index contributed by atoms with van der Waals surface area (Å²) in [6, 6.07) is 5.74. The number of imidazole rings is 1. The number of rotatable bonds is 4. The molecule has 0 aliphatic carbocycles. The normalized spacial score (nSPS) is 11.7. The molecule has 2 N–H and O–H groups in total. The third kappa shape index (κ3) is 2.55. The van der Waals surface area contributed by atoms with Gasteiger partial charge in [0, 0.05) is 18.0 Å². The van der Waals surface area contributed by atoms with E-state index in [4.69, 9.17) is 0 Å². The molecular formula is C15H14N4O2S. The molecular weight excluding hydrogens is 300 g/mol. The first-order valence-corrected chi connectivity index (χ1v) is 7.46. The van der Waals surface area contributed by atoms with Crippen LogP contribution in [0, 0.1) is 0 Å². The number of carbonyl (C=O) groups is 1. The highest BCUT2D eigenvalue weighted by Crippen LogP contribution is 2.37. The SMILES string of the molecule is CC(C)(Sc1nccnc1-c1cccc2[nH]cnc12)C(=O)O. The summed E-state index contributed by atoms with van der Waals surface area (Å²) in [7, 11) is 0. The molecule has 6 nitrogen and oxygen atoms in total. The average Bonchev–Trinajstić information content (AvgIpc) is 2.95. The van der Waals surface area contributed by atoms with E-state index < -0.39 is 10.7 Å². The molecule has 0 fully saturated rings. The molecule has 0 aliphatic rings. The number of nitrogens with zero attached hydrogens (tertiary/aromatic N) is 3. The van der Waals surface area contributed by atoms with Gasteiger partial charge in [-0.1, -0.05) is 23.9 Å². The second-order valence-corrected chi connectivity index (χ2v) is 6.84. The zero-order chi connectivity index (χ0) is 15.7. The van der Waals surface area contributed by atoms with Crippen LogP contribution in [0.1, 0.15) is 13.8 Å². The number of hydrogen-bond donors (Lipinski definition) is 2. The molecule has 0 spiro atoms. The van der Waals surface area contributed by atoms with Crippen molar-refractivity contribution in [2.75, 3.05) is 0 Å². The number of carboxylic acid groups (broad SMARTS) is 1. The summed E-state index contributed by atoms with van der Waals surface area (Å²) in [6.45, 7) is 3.29. The smallest absolute Gasteiger partial charge is 0.319 e. The molecule has 0 bridgehead atoms. The van der Waals surface area contributed by atoms with Crippen LogP contribution in [0.3, 0.4) is 0 Å². The van der Waals surface area contributed by atoms with Crippen molar-refractivity contribution in [1.29, 1.82) is 0 Å². The summed E-state index contributed by atoms with van der Waals surface area (Å²) >= 11 is 1.18. The molecule has 0 radical (unpaired) electrons. The van der Waals surface area contributed by atoms with Gasteiger partial charge in [-0.15, -0.1) is 0 Å². The Morgan fingerprint density at radius 3 is 2.77 bits per heavy atom. The summed E-state index contributed by atoms with van der Waals surface area (Å²) in [5.41, 5.74) is 3.16. The molecule has 1 aromatic carbocycles. The molecule has 2 aromatic heterocycles. The summed E-state index contributed by atoms with van der Waals surface area (Å²) in [6.07, 6.45) is 4.78. The van der Waals surface area contributed by atoms with E-state index in [0.717, 1.165) is 16.6 Å². The van der Waals surface area contributed by atoms with E-state index in [-0.39, 0.29) is 0 Å². The van der Waals surface area contributed by atoms with Crippen LogP contribution in [0.25, 0.3) is 22.3 Å². The fourth-order valence-electron chi connectivity index (χ4n) is 2.03. The van der Waals surface area contributed by atoms with E-state index in [1.807, 2.05) is 18.2 Å². The second kappa shape index (κ2) is 5.42. The van der Waals surface area contributed by atoms with Crippen LogP contribution >= 0.6 is 11.8 Å². The van der Waals surface area contributed by atoms with Crippen LogP contribution in [-0.2, 0) is 4.79 Å². The first-order chi connectivity index (χ1) is 10.5. The number of hydrogen-bond acceptors (Lipinski definition) is 5. The third-order valence-electron chi connectivity index (χ3n) is 3.24. The van der Waals surface area contributed by atoms with Gasteiger partial charge in [-0.05, 0) is 19.9 Å². The van der Waals surface area contributed by atoms with Gasteiger partial charge in [-0.3, -0.25) is 9.78 Å². The number of aromatic nitrogens is 4. The zero-order valence-electron chi connectivity index (χ0n) is 12.1. The topological polar surface area (TPSA) is 91.8 Å². The number of H-pyrrole nitrogens is 1. The molecule has 0 atom stereocenters. The van der Waals surface area contributed by atoms with E-state index in [1.165, 1.54) is 11.8 Å². The van der Waals surface area contributed by atoms with Gasteiger partial charge < -0.3 is 10.1 Å². The Balaban J connectivity index is 2.13. The lowest BCUT2D eigenvalue weighted by atomic mass is 10.1. The number of nitrogens with one attached hydrogen (secondary N) is 1. The van der Waals surface area contributed by atoms with Crippen LogP contribution in [0.4, 0.5) is 0 Å². The van der Waals surface area contributed by atoms with Gasteiger partial charge in [0.25, 0.3) is 0 Å². The maximum Gasteiger partial charge on any atom is 0.319 e. The Kier molecular flexibility index (Phi) is 3.58. The molecule has 0 unspecified atom stereocenters. The minimum atomic E-state index is -0.996. The molecule has 3 aromatic rings. The van der Waals surface area contributed by atoms with Crippen molar-refractivity contribution in [1.82, 2.24) is 19.9 Å². The number of thioether (sulfide) groups is 1. The quantitative estimate of drug-likeness (QED) is 0.719. The largest absolute Gasteiger partial charge is 0.480 e. The Bertz CT molecular complexity index is 844. The predicted molar refractivity (Wildman–Crippen MR) is 84.7 cm³/mol. The first kappa shape index (κ1) is 14.5. The van der Waals surface area contributed by atoms with Gasteiger partial charge >= 0.3 is 5.97 Å². The van der Waals surface area contributed by atoms with Crippen molar-refractivity contribution in [3.63, 3.8) is 0 Å². The zero-order valence-corrected chi connectivity index (χ0v) is 12.9. The minimum Gasteiger partial charge on any atom is -0.480 e. The first-order valence-electron chi connectivity index (χ1n) is 6.65. The number of carboxylic acids is 1. The lowest BCUT2D eigenvalue weighted by molar-refractivity contribution is -0.138. The molecule has 0 aliphatic heterocycles. The van der Waals surface area contributed by atoms with Crippen LogP contribution < -0.4 is 0 Å². The molecule has 22 heavy (non-hydrogen) atoms. The van der Waals surface area contributed by atoms with Crippen LogP contribution in [-0.4, -0.2) is 35.8 Å². The Morgan fingerprint density at radius 2 is 2.00 bits per heavy atom. The van der Waals surface area contributed by atoms with Crippen molar-refractivity contribution < 1.29 is 9.90 Å². The van der Waals surface area contributed by atoms with E-state index in [2.05, 4.69) is 19.9 Å². The van der Waals surface area contributed by atoms with Crippen molar-refractivity contribution in [3.05, 3.63) is 36.9 Å². The Hall–Kier alpha value is -2.41.